The van der Waals surface area contributed by atoms with Crippen molar-refractivity contribution < 1.29 is 13.2 Å². The first kappa shape index (κ1) is 20.6. The summed E-state index contributed by atoms with van der Waals surface area (Å²) in [7, 11) is -1.68. The van der Waals surface area contributed by atoms with Gasteiger partial charge in [-0.3, -0.25) is 10.00 Å². The van der Waals surface area contributed by atoms with Crippen molar-refractivity contribution in [2.75, 3.05) is 16.4 Å². The van der Waals surface area contributed by atoms with Gasteiger partial charge in [-0.05, 0) is 31.0 Å². The second-order valence-corrected chi connectivity index (χ2v) is 8.88. The molecule has 3 aromatic rings. The van der Waals surface area contributed by atoms with Gasteiger partial charge in [0, 0.05) is 18.7 Å². The maximum Gasteiger partial charge on any atom is 0.324 e. The number of carbonyl (C=O) groups excluding carboxylic acids is 1. The fourth-order valence-electron chi connectivity index (χ4n) is 3.07. The number of amides is 2. The highest BCUT2D eigenvalue weighted by Gasteiger charge is 2.18. The minimum atomic E-state index is -3.42. The van der Waals surface area contributed by atoms with E-state index in [0.29, 0.717) is 17.9 Å². The number of benzene rings is 2. The molecule has 0 atom stereocenters. The molecule has 0 aliphatic rings. The van der Waals surface area contributed by atoms with E-state index in [4.69, 9.17) is 0 Å². The Labute approximate surface area is 170 Å². The van der Waals surface area contributed by atoms with Gasteiger partial charge in [-0.1, -0.05) is 43.3 Å². The van der Waals surface area contributed by atoms with Crippen molar-refractivity contribution in [2.45, 2.75) is 25.2 Å². The number of anilines is 2. The molecular formula is C21H24N4O3S. The number of nitrogens with zero attached hydrogens (tertiary/aromatic N) is 2. The van der Waals surface area contributed by atoms with Gasteiger partial charge in [0.2, 0.25) is 0 Å². The fourth-order valence-corrected chi connectivity index (χ4v) is 4.42. The molecule has 0 spiro atoms. The number of carbonyl (C=O) groups is 1. The summed E-state index contributed by atoms with van der Waals surface area (Å²) in [5.41, 5.74) is 2.81. The third-order valence-corrected chi connectivity index (χ3v) is 6.32. The topological polar surface area (TPSA) is 93.1 Å². The lowest BCUT2D eigenvalue weighted by Crippen LogP contribution is -2.21. The van der Waals surface area contributed by atoms with Crippen LogP contribution in [0.2, 0.25) is 0 Å². The van der Waals surface area contributed by atoms with Gasteiger partial charge < -0.3 is 5.32 Å². The molecule has 0 aliphatic heterocycles. The van der Waals surface area contributed by atoms with Crippen LogP contribution in [0.3, 0.4) is 0 Å². The number of sulfone groups is 1. The molecule has 1 heterocycles. The number of rotatable bonds is 6. The fraction of sp³-hybridized carbons (Fsp3) is 0.238. The summed E-state index contributed by atoms with van der Waals surface area (Å²) in [6.07, 6.45) is 0.520. The number of aromatic nitrogens is 2. The summed E-state index contributed by atoms with van der Waals surface area (Å²) < 4.78 is 26.6. The average molecular weight is 413 g/mol. The predicted octanol–water partition coefficient (Wildman–Crippen LogP) is 4.22. The van der Waals surface area contributed by atoms with Crippen LogP contribution in [-0.4, -0.2) is 30.0 Å². The molecule has 3 rings (SSSR count). The Balaban J connectivity index is 1.97. The van der Waals surface area contributed by atoms with Crippen molar-refractivity contribution in [3.05, 3.63) is 60.3 Å². The molecule has 2 aromatic carbocycles. The second kappa shape index (κ2) is 8.48. The Bertz CT molecular complexity index is 1120. The van der Waals surface area contributed by atoms with Crippen LogP contribution in [0.5, 0.6) is 0 Å². The zero-order valence-electron chi connectivity index (χ0n) is 16.6. The molecule has 152 valence electrons. The summed E-state index contributed by atoms with van der Waals surface area (Å²) in [6, 6.07) is 15.6. The van der Waals surface area contributed by atoms with Gasteiger partial charge in [0.1, 0.15) is 5.82 Å². The summed E-state index contributed by atoms with van der Waals surface area (Å²) >= 11 is 0. The van der Waals surface area contributed by atoms with Gasteiger partial charge in [0.25, 0.3) is 0 Å². The molecule has 0 fully saturated rings. The van der Waals surface area contributed by atoms with Crippen LogP contribution in [0.4, 0.5) is 16.3 Å². The normalized spacial score (nSPS) is 11.3. The first-order valence-corrected chi connectivity index (χ1v) is 11.0. The standard InChI is InChI=1S/C21H24N4O3S/c1-4-12-29(27,28)17-10-11-18(16-8-6-5-7-9-16)19(14-17)22-21(26)23-20-13-15(2)24-25(20)3/h5-11,13-14H,4,12H2,1-3H3,(H2,22,23,26). The quantitative estimate of drug-likeness (QED) is 0.634. The predicted molar refractivity (Wildman–Crippen MR) is 115 cm³/mol. The smallest absolute Gasteiger partial charge is 0.307 e. The van der Waals surface area contributed by atoms with Gasteiger partial charge >= 0.3 is 6.03 Å². The van der Waals surface area contributed by atoms with E-state index in [2.05, 4.69) is 15.7 Å². The largest absolute Gasteiger partial charge is 0.324 e. The maximum absolute atomic E-state index is 12.6. The Hall–Kier alpha value is -3.13. The lowest BCUT2D eigenvalue weighted by molar-refractivity contribution is 0.262. The van der Waals surface area contributed by atoms with Crippen molar-refractivity contribution in [1.82, 2.24) is 9.78 Å². The lowest BCUT2D eigenvalue weighted by Gasteiger charge is -2.14. The molecule has 2 N–H and O–H groups in total. The van der Waals surface area contributed by atoms with E-state index in [9.17, 15) is 13.2 Å². The molecule has 1 aromatic heterocycles. The van der Waals surface area contributed by atoms with Crippen LogP contribution >= 0.6 is 0 Å². The van der Waals surface area contributed by atoms with Crippen LogP contribution in [0.25, 0.3) is 11.1 Å². The first-order chi connectivity index (χ1) is 13.8. The van der Waals surface area contributed by atoms with E-state index < -0.39 is 15.9 Å². The molecule has 0 saturated heterocycles. The van der Waals surface area contributed by atoms with E-state index in [1.54, 1.807) is 29.9 Å². The second-order valence-electron chi connectivity index (χ2n) is 6.77. The van der Waals surface area contributed by atoms with Crippen molar-refractivity contribution in [1.29, 1.82) is 0 Å². The minimum Gasteiger partial charge on any atom is -0.307 e. The highest BCUT2D eigenvalue weighted by atomic mass is 32.2. The van der Waals surface area contributed by atoms with Crippen molar-refractivity contribution >= 4 is 27.4 Å². The number of urea groups is 1. The molecule has 0 aliphatic carbocycles. The van der Waals surface area contributed by atoms with E-state index in [0.717, 1.165) is 16.8 Å². The zero-order valence-corrected chi connectivity index (χ0v) is 17.5. The minimum absolute atomic E-state index is 0.0532. The number of hydrogen-bond donors (Lipinski definition) is 2. The van der Waals surface area contributed by atoms with Crippen LogP contribution < -0.4 is 10.6 Å². The highest BCUT2D eigenvalue weighted by Crippen LogP contribution is 2.31. The van der Waals surface area contributed by atoms with Gasteiger partial charge in [-0.2, -0.15) is 5.10 Å². The van der Waals surface area contributed by atoms with Gasteiger partial charge in [-0.15, -0.1) is 0 Å². The van der Waals surface area contributed by atoms with E-state index in [-0.39, 0.29) is 10.6 Å². The average Bonchev–Trinajstić information content (AvgIpc) is 2.99. The molecule has 2 amide bonds. The third-order valence-electron chi connectivity index (χ3n) is 4.40. The maximum atomic E-state index is 12.6. The molecule has 0 radical (unpaired) electrons. The molecule has 29 heavy (non-hydrogen) atoms. The lowest BCUT2D eigenvalue weighted by atomic mass is 10.0. The summed E-state index contributed by atoms with van der Waals surface area (Å²) in [5.74, 6) is 0.591. The van der Waals surface area contributed by atoms with Gasteiger partial charge in [-0.25, -0.2) is 13.2 Å². The third kappa shape index (κ3) is 4.83. The Morgan fingerprint density at radius 1 is 1.07 bits per heavy atom. The Kier molecular flexibility index (Phi) is 6.03. The van der Waals surface area contributed by atoms with Crippen LogP contribution in [0.15, 0.2) is 59.5 Å². The van der Waals surface area contributed by atoms with Crippen LogP contribution in [0, 0.1) is 6.92 Å². The van der Waals surface area contributed by atoms with Crippen LogP contribution in [-0.2, 0) is 16.9 Å². The summed E-state index contributed by atoms with van der Waals surface area (Å²) in [6.45, 7) is 3.65. The van der Waals surface area contributed by atoms with Crippen molar-refractivity contribution in [2.24, 2.45) is 7.05 Å². The van der Waals surface area contributed by atoms with Gasteiger partial charge in [0.05, 0.1) is 22.0 Å². The Morgan fingerprint density at radius 3 is 2.41 bits per heavy atom. The molecular weight excluding hydrogens is 388 g/mol. The molecule has 0 saturated carbocycles. The number of nitrogens with one attached hydrogen (secondary N) is 2. The molecule has 7 nitrogen and oxygen atoms in total. The first-order valence-electron chi connectivity index (χ1n) is 9.31. The number of hydrogen-bond acceptors (Lipinski definition) is 4. The summed E-state index contributed by atoms with van der Waals surface area (Å²) in [5, 5.41) is 9.73. The number of aryl methyl sites for hydroxylation is 2. The molecule has 0 unspecified atom stereocenters. The van der Waals surface area contributed by atoms with E-state index >= 15 is 0 Å². The SMILES string of the molecule is CCCS(=O)(=O)c1ccc(-c2ccccc2)c(NC(=O)Nc2cc(C)nn2C)c1. The van der Waals surface area contributed by atoms with Crippen LogP contribution in [0.1, 0.15) is 19.0 Å². The molecule has 8 heteroatoms. The van der Waals surface area contributed by atoms with Crippen molar-refractivity contribution in [3.63, 3.8) is 0 Å². The highest BCUT2D eigenvalue weighted by molar-refractivity contribution is 7.91. The summed E-state index contributed by atoms with van der Waals surface area (Å²) in [4.78, 5) is 12.8. The monoisotopic (exact) mass is 412 g/mol. The zero-order chi connectivity index (χ0) is 21.0. The van der Waals surface area contributed by atoms with Gasteiger partial charge in [0.15, 0.2) is 9.84 Å². The molecule has 0 bridgehead atoms. The van der Waals surface area contributed by atoms with Crippen molar-refractivity contribution in [3.8, 4) is 11.1 Å². The van der Waals surface area contributed by atoms with E-state index in [1.165, 1.54) is 6.07 Å². The Morgan fingerprint density at radius 2 is 1.79 bits per heavy atom. The van der Waals surface area contributed by atoms with E-state index in [1.807, 2.05) is 44.2 Å².